The first-order valence-corrected chi connectivity index (χ1v) is 11.0. The van der Waals surface area contributed by atoms with Crippen molar-refractivity contribution in [1.82, 2.24) is 9.78 Å². The molecule has 0 saturated carbocycles. The Labute approximate surface area is 175 Å². The maximum absolute atomic E-state index is 11.6. The molecule has 0 bridgehead atoms. The molecule has 1 unspecified atom stereocenters. The van der Waals surface area contributed by atoms with E-state index in [2.05, 4.69) is 5.10 Å². The zero-order valence-electron chi connectivity index (χ0n) is 16.9. The topological polar surface area (TPSA) is 114 Å². The lowest BCUT2D eigenvalue weighted by Gasteiger charge is -2.24. The molecule has 0 fully saturated rings. The van der Waals surface area contributed by atoms with Crippen molar-refractivity contribution < 1.29 is 13.5 Å². The van der Waals surface area contributed by atoms with Crippen LogP contribution in [0.2, 0.25) is 0 Å². The zero-order chi connectivity index (χ0) is 21.6. The smallest absolute Gasteiger partial charge is 0.238 e. The molecular formula is C21H23N5O3S. The zero-order valence-corrected chi connectivity index (χ0v) is 17.8. The Morgan fingerprint density at radius 3 is 2.40 bits per heavy atom. The number of benzene rings is 2. The number of phenols is 1. The van der Waals surface area contributed by atoms with Gasteiger partial charge in [-0.25, -0.2) is 13.6 Å². The van der Waals surface area contributed by atoms with Crippen LogP contribution in [0.3, 0.4) is 0 Å². The molecular weight excluding hydrogens is 402 g/mol. The quantitative estimate of drug-likeness (QED) is 0.667. The fraction of sp³-hybridized carbons (Fsp3) is 0.238. The lowest BCUT2D eigenvalue weighted by atomic mass is 9.96. The molecule has 8 nitrogen and oxygen atoms in total. The van der Waals surface area contributed by atoms with Crippen molar-refractivity contribution in [2.45, 2.75) is 31.2 Å². The van der Waals surface area contributed by atoms with Crippen molar-refractivity contribution in [3.63, 3.8) is 0 Å². The van der Waals surface area contributed by atoms with E-state index in [1.165, 1.54) is 12.1 Å². The van der Waals surface area contributed by atoms with E-state index < -0.39 is 10.0 Å². The molecule has 0 aliphatic carbocycles. The minimum atomic E-state index is -3.77. The normalized spacial score (nSPS) is 16.7. The molecule has 9 heteroatoms. The van der Waals surface area contributed by atoms with Crippen molar-refractivity contribution in [3.05, 3.63) is 71.0 Å². The molecule has 1 aliphatic rings. The summed E-state index contributed by atoms with van der Waals surface area (Å²) in [4.78, 5) is 0.0490. The van der Waals surface area contributed by atoms with E-state index in [-0.39, 0.29) is 16.7 Å². The molecule has 4 rings (SSSR count). The minimum absolute atomic E-state index is 0.0490. The first kappa shape index (κ1) is 20.1. The van der Waals surface area contributed by atoms with Crippen LogP contribution in [0.25, 0.3) is 0 Å². The summed E-state index contributed by atoms with van der Waals surface area (Å²) >= 11 is 0. The maximum atomic E-state index is 11.6. The average Bonchev–Trinajstić information content (AvgIpc) is 3.22. The Kier molecular flexibility index (Phi) is 4.87. The van der Waals surface area contributed by atoms with Crippen LogP contribution in [0, 0.1) is 13.8 Å². The van der Waals surface area contributed by atoms with Crippen LogP contribution in [-0.2, 0) is 17.1 Å². The molecule has 2 aromatic carbocycles. The number of hydrazone groups is 1. The predicted octanol–water partition coefficient (Wildman–Crippen LogP) is 2.75. The number of aromatic hydroxyl groups is 1. The maximum Gasteiger partial charge on any atom is 0.238 e. The third kappa shape index (κ3) is 3.57. The van der Waals surface area contributed by atoms with E-state index in [0.717, 1.165) is 33.9 Å². The number of aryl methyl sites for hydroxylation is 2. The van der Waals surface area contributed by atoms with E-state index in [4.69, 9.17) is 10.2 Å². The summed E-state index contributed by atoms with van der Waals surface area (Å²) in [6, 6.07) is 13.2. The summed E-state index contributed by atoms with van der Waals surface area (Å²) in [5.74, 6) is 0.177. The van der Waals surface area contributed by atoms with E-state index in [1.54, 1.807) is 30.3 Å². The number of nitrogens with two attached hydrogens (primary N) is 1. The van der Waals surface area contributed by atoms with Gasteiger partial charge in [-0.1, -0.05) is 12.1 Å². The predicted molar refractivity (Wildman–Crippen MR) is 115 cm³/mol. The average molecular weight is 426 g/mol. The third-order valence-electron chi connectivity index (χ3n) is 5.42. The van der Waals surface area contributed by atoms with Gasteiger partial charge in [-0.2, -0.15) is 10.2 Å². The molecule has 0 spiro atoms. The summed E-state index contributed by atoms with van der Waals surface area (Å²) in [5, 5.41) is 26.4. The first-order chi connectivity index (χ1) is 14.1. The summed E-state index contributed by atoms with van der Waals surface area (Å²) in [7, 11) is -1.87. The van der Waals surface area contributed by atoms with Gasteiger partial charge in [0.15, 0.2) is 0 Å². The van der Waals surface area contributed by atoms with Gasteiger partial charge in [0.1, 0.15) is 5.75 Å². The van der Waals surface area contributed by atoms with Crippen LogP contribution >= 0.6 is 0 Å². The summed E-state index contributed by atoms with van der Waals surface area (Å²) in [5.41, 5.74) is 5.43. The number of nitrogens with zero attached hydrogens (tertiary/aromatic N) is 4. The Morgan fingerprint density at radius 1 is 1.13 bits per heavy atom. The minimum Gasteiger partial charge on any atom is -0.508 e. The molecule has 156 valence electrons. The SMILES string of the molecule is Cc1nn(C)c(C)c1C1CC(c2cccc(O)c2)=NN1c1ccc(S(N)(=O)=O)cc1. The van der Waals surface area contributed by atoms with Gasteiger partial charge in [-0.3, -0.25) is 9.69 Å². The van der Waals surface area contributed by atoms with Crippen LogP contribution < -0.4 is 10.1 Å². The van der Waals surface area contributed by atoms with Gasteiger partial charge in [0, 0.05) is 30.3 Å². The number of hydrogen-bond donors (Lipinski definition) is 2. The van der Waals surface area contributed by atoms with Crippen LogP contribution in [-0.4, -0.2) is 29.0 Å². The Morgan fingerprint density at radius 2 is 1.83 bits per heavy atom. The van der Waals surface area contributed by atoms with Gasteiger partial charge in [-0.05, 0) is 50.2 Å². The Balaban J connectivity index is 1.81. The number of aromatic nitrogens is 2. The summed E-state index contributed by atoms with van der Waals surface area (Å²) < 4.78 is 25.1. The van der Waals surface area contributed by atoms with Crippen LogP contribution in [0.15, 0.2) is 58.5 Å². The van der Waals surface area contributed by atoms with Crippen molar-refractivity contribution in [1.29, 1.82) is 0 Å². The highest BCUT2D eigenvalue weighted by molar-refractivity contribution is 7.89. The molecule has 1 atom stereocenters. The Bertz CT molecular complexity index is 1250. The van der Waals surface area contributed by atoms with Gasteiger partial charge in [-0.15, -0.1) is 0 Å². The standard InChI is InChI=1S/C21H23N5O3S/c1-13-21(14(2)25(3)23-13)20-12-19(15-5-4-6-17(27)11-15)24-26(20)16-7-9-18(10-8-16)30(22,28)29/h4-11,20,27H,12H2,1-3H3,(H2,22,28,29). The van der Waals surface area contributed by atoms with Crippen molar-refractivity contribution in [2.24, 2.45) is 17.3 Å². The monoisotopic (exact) mass is 425 g/mol. The van der Waals surface area contributed by atoms with Gasteiger partial charge < -0.3 is 5.11 Å². The van der Waals surface area contributed by atoms with Crippen molar-refractivity contribution >= 4 is 21.4 Å². The largest absolute Gasteiger partial charge is 0.508 e. The number of hydrogen-bond acceptors (Lipinski definition) is 6. The lowest BCUT2D eigenvalue weighted by molar-refractivity contribution is 0.475. The van der Waals surface area contributed by atoms with Gasteiger partial charge in [0.2, 0.25) is 10.0 Å². The van der Waals surface area contributed by atoms with Crippen LogP contribution in [0.5, 0.6) is 5.75 Å². The van der Waals surface area contributed by atoms with E-state index in [9.17, 15) is 13.5 Å². The second-order valence-electron chi connectivity index (χ2n) is 7.41. The number of primary sulfonamides is 1. The third-order valence-corrected chi connectivity index (χ3v) is 6.35. The lowest BCUT2D eigenvalue weighted by Crippen LogP contribution is -2.20. The number of phenolic OH excluding ortho intramolecular Hbond substituents is 1. The molecule has 0 amide bonds. The van der Waals surface area contributed by atoms with Crippen molar-refractivity contribution in [3.8, 4) is 5.75 Å². The molecule has 1 aliphatic heterocycles. The summed E-state index contributed by atoms with van der Waals surface area (Å²) in [6.45, 7) is 3.99. The molecule has 3 aromatic rings. The van der Waals surface area contributed by atoms with Crippen molar-refractivity contribution in [2.75, 3.05) is 5.01 Å². The molecule has 2 heterocycles. The Hall–Kier alpha value is -3.17. The second-order valence-corrected chi connectivity index (χ2v) is 8.97. The second kappa shape index (κ2) is 7.26. The van der Waals surface area contributed by atoms with Crippen LogP contribution in [0.1, 0.15) is 35.0 Å². The van der Waals surface area contributed by atoms with Gasteiger partial charge in [0.05, 0.1) is 28.0 Å². The summed E-state index contributed by atoms with van der Waals surface area (Å²) in [6.07, 6.45) is 0.619. The molecule has 1 aromatic heterocycles. The highest BCUT2D eigenvalue weighted by Gasteiger charge is 2.33. The highest BCUT2D eigenvalue weighted by atomic mass is 32.2. The fourth-order valence-corrected chi connectivity index (χ4v) is 4.41. The number of sulfonamides is 1. The van der Waals surface area contributed by atoms with Gasteiger partial charge >= 0.3 is 0 Å². The van der Waals surface area contributed by atoms with E-state index in [1.807, 2.05) is 36.7 Å². The molecule has 3 N–H and O–H groups in total. The number of anilines is 1. The highest BCUT2D eigenvalue weighted by Crippen LogP contribution is 2.39. The van der Waals surface area contributed by atoms with E-state index in [0.29, 0.717) is 6.42 Å². The molecule has 0 radical (unpaired) electrons. The molecule has 0 saturated heterocycles. The number of rotatable bonds is 4. The molecule has 30 heavy (non-hydrogen) atoms. The fourth-order valence-electron chi connectivity index (χ4n) is 3.89. The van der Waals surface area contributed by atoms with Crippen LogP contribution in [0.4, 0.5) is 5.69 Å². The first-order valence-electron chi connectivity index (χ1n) is 9.44. The van der Waals surface area contributed by atoms with Gasteiger partial charge in [0.25, 0.3) is 0 Å². The van der Waals surface area contributed by atoms with E-state index >= 15 is 0 Å².